The van der Waals surface area contributed by atoms with Crippen molar-refractivity contribution in [3.05, 3.63) is 71.5 Å². The topological polar surface area (TPSA) is 55.3 Å². The highest BCUT2D eigenvalue weighted by atomic mass is 16.5. The zero-order valence-corrected chi connectivity index (χ0v) is 15.2. The molecule has 0 N–H and O–H groups in total. The van der Waals surface area contributed by atoms with Crippen molar-refractivity contribution < 1.29 is 9.53 Å². The third-order valence-corrected chi connectivity index (χ3v) is 4.64. The van der Waals surface area contributed by atoms with Gasteiger partial charge in [0.15, 0.2) is 0 Å². The van der Waals surface area contributed by atoms with E-state index in [9.17, 15) is 4.79 Å². The summed E-state index contributed by atoms with van der Waals surface area (Å²) in [7, 11) is 1.59. The van der Waals surface area contributed by atoms with Gasteiger partial charge >= 0.3 is 0 Å². The van der Waals surface area contributed by atoms with E-state index in [-0.39, 0.29) is 5.91 Å². The van der Waals surface area contributed by atoms with Gasteiger partial charge in [-0.25, -0.2) is 4.98 Å². The first kappa shape index (κ1) is 17.0. The summed E-state index contributed by atoms with van der Waals surface area (Å²) < 4.78 is 5.11. The van der Waals surface area contributed by atoms with E-state index in [1.165, 1.54) is 0 Å². The molecule has 3 aromatic rings. The lowest BCUT2D eigenvalue weighted by Crippen LogP contribution is -2.29. The lowest BCUT2D eigenvalue weighted by Gasteiger charge is -2.25. The SMILES string of the molecule is COc1ccc(-c2cc3c(cn2)CN(C(C)=O)c2ccccc2/C=C\3)cn1. The van der Waals surface area contributed by atoms with E-state index in [0.29, 0.717) is 12.4 Å². The maximum Gasteiger partial charge on any atom is 0.224 e. The number of hydrogen-bond donors (Lipinski definition) is 0. The van der Waals surface area contributed by atoms with E-state index in [1.807, 2.05) is 54.7 Å². The molecule has 0 unspecified atom stereocenters. The molecule has 134 valence electrons. The van der Waals surface area contributed by atoms with Gasteiger partial charge in [0.1, 0.15) is 0 Å². The van der Waals surface area contributed by atoms with Crippen molar-refractivity contribution in [3.8, 4) is 17.1 Å². The highest BCUT2D eigenvalue weighted by molar-refractivity contribution is 5.95. The molecule has 1 aromatic carbocycles. The Morgan fingerprint density at radius 2 is 1.85 bits per heavy atom. The molecule has 0 saturated carbocycles. The maximum atomic E-state index is 12.2. The van der Waals surface area contributed by atoms with Crippen molar-refractivity contribution in [1.82, 2.24) is 9.97 Å². The third-order valence-electron chi connectivity index (χ3n) is 4.64. The number of rotatable bonds is 2. The molecular weight excluding hydrogens is 338 g/mol. The van der Waals surface area contributed by atoms with Crippen LogP contribution in [0.4, 0.5) is 5.69 Å². The average molecular weight is 357 g/mol. The Labute approximate surface area is 158 Å². The lowest BCUT2D eigenvalue weighted by atomic mass is 10.0. The lowest BCUT2D eigenvalue weighted by molar-refractivity contribution is -0.116. The molecule has 3 heterocycles. The first-order chi connectivity index (χ1) is 13.2. The predicted molar refractivity (Wildman–Crippen MR) is 106 cm³/mol. The Balaban J connectivity index is 1.78. The summed E-state index contributed by atoms with van der Waals surface area (Å²) in [6, 6.07) is 13.7. The van der Waals surface area contributed by atoms with E-state index in [0.717, 1.165) is 33.6 Å². The van der Waals surface area contributed by atoms with Gasteiger partial charge in [-0.1, -0.05) is 30.4 Å². The number of methoxy groups -OCH3 is 1. The van der Waals surface area contributed by atoms with E-state index in [1.54, 1.807) is 25.1 Å². The predicted octanol–water partition coefficient (Wildman–Crippen LogP) is 4.19. The van der Waals surface area contributed by atoms with Crippen molar-refractivity contribution in [3.63, 3.8) is 0 Å². The molecule has 0 fully saturated rings. The number of aromatic nitrogens is 2. The average Bonchev–Trinajstić information content (AvgIpc) is 2.69. The molecule has 4 rings (SSSR count). The summed E-state index contributed by atoms with van der Waals surface area (Å²) in [5, 5.41) is 0. The number of amides is 1. The molecule has 2 aromatic heterocycles. The minimum atomic E-state index is 0.00660. The zero-order valence-electron chi connectivity index (χ0n) is 15.2. The normalized spacial score (nSPS) is 13.8. The fourth-order valence-corrected chi connectivity index (χ4v) is 3.19. The summed E-state index contributed by atoms with van der Waals surface area (Å²) in [5.41, 5.74) is 5.71. The van der Waals surface area contributed by atoms with Crippen LogP contribution in [0.25, 0.3) is 23.4 Å². The largest absolute Gasteiger partial charge is 0.481 e. The fourth-order valence-electron chi connectivity index (χ4n) is 3.19. The van der Waals surface area contributed by atoms with E-state index >= 15 is 0 Å². The third kappa shape index (κ3) is 3.31. The molecule has 0 saturated heterocycles. The number of hydrogen-bond acceptors (Lipinski definition) is 4. The molecule has 0 radical (unpaired) electrons. The standard InChI is InChI=1S/C22H19N3O2/c1-15(26)25-14-19-13-23-20(18-9-10-22(27-2)24-12-18)11-17(19)8-7-16-5-3-4-6-21(16)25/h3-13H,14H2,1-2H3/b8-7-. The highest BCUT2D eigenvalue weighted by Crippen LogP contribution is 2.30. The molecule has 1 aliphatic rings. The summed E-state index contributed by atoms with van der Waals surface area (Å²) >= 11 is 0. The van der Waals surface area contributed by atoms with Crippen LogP contribution < -0.4 is 9.64 Å². The number of pyridine rings is 2. The minimum Gasteiger partial charge on any atom is -0.481 e. The molecule has 0 spiro atoms. The monoisotopic (exact) mass is 357 g/mol. The van der Waals surface area contributed by atoms with Crippen LogP contribution in [0.1, 0.15) is 23.6 Å². The maximum absolute atomic E-state index is 12.2. The van der Waals surface area contributed by atoms with Gasteiger partial charge in [0.2, 0.25) is 11.8 Å². The van der Waals surface area contributed by atoms with Gasteiger partial charge in [-0.05, 0) is 34.9 Å². The van der Waals surface area contributed by atoms with Crippen molar-refractivity contribution in [2.75, 3.05) is 12.0 Å². The number of nitrogens with zero attached hydrogens (tertiary/aromatic N) is 3. The van der Waals surface area contributed by atoms with E-state index in [2.05, 4.69) is 16.0 Å². The summed E-state index contributed by atoms with van der Waals surface area (Å²) in [4.78, 5) is 22.9. The van der Waals surface area contributed by atoms with Gasteiger partial charge < -0.3 is 9.64 Å². The van der Waals surface area contributed by atoms with Crippen molar-refractivity contribution in [2.45, 2.75) is 13.5 Å². The van der Waals surface area contributed by atoms with Crippen LogP contribution in [-0.4, -0.2) is 23.0 Å². The second-order valence-corrected chi connectivity index (χ2v) is 6.35. The van der Waals surface area contributed by atoms with Gasteiger partial charge in [0.25, 0.3) is 0 Å². The molecule has 5 heteroatoms. The smallest absolute Gasteiger partial charge is 0.224 e. The van der Waals surface area contributed by atoms with Crippen LogP contribution in [0.3, 0.4) is 0 Å². The molecule has 5 nitrogen and oxygen atoms in total. The second kappa shape index (κ2) is 7.03. The summed E-state index contributed by atoms with van der Waals surface area (Å²) in [6.07, 6.45) is 7.70. The van der Waals surface area contributed by atoms with Gasteiger partial charge in [-0.2, -0.15) is 0 Å². The molecule has 1 aliphatic heterocycles. The quantitative estimate of drug-likeness (QED) is 0.690. The Morgan fingerprint density at radius 1 is 1.04 bits per heavy atom. The van der Waals surface area contributed by atoms with Gasteiger partial charge in [0.05, 0.1) is 25.0 Å². The first-order valence-electron chi connectivity index (χ1n) is 8.70. The number of benzene rings is 1. The van der Waals surface area contributed by atoms with Gasteiger partial charge in [-0.15, -0.1) is 0 Å². The van der Waals surface area contributed by atoms with Crippen LogP contribution in [0.2, 0.25) is 0 Å². The molecule has 0 bridgehead atoms. The summed E-state index contributed by atoms with van der Waals surface area (Å²) in [5.74, 6) is 0.575. The fraction of sp³-hybridized carbons (Fsp3) is 0.136. The molecule has 0 atom stereocenters. The number of ether oxygens (including phenoxy) is 1. The van der Waals surface area contributed by atoms with Crippen molar-refractivity contribution >= 4 is 23.7 Å². The number of anilines is 1. The van der Waals surface area contributed by atoms with Crippen molar-refractivity contribution in [2.24, 2.45) is 0 Å². The van der Waals surface area contributed by atoms with Crippen LogP contribution >= 0.6 is 0 Å². The molecule has 0 aliphatic carbocycles. The first-order valence-corrected chi connectivity index (χ1v) is 8.70. The van der Waals surface area contributed by atoms with Gasteiger partial charge in [0, 0.05) is 30.9 Å². The minimum absolute atomic E-state index is 0.00660. The van der Waals surface area contributed by atoms with Crippen molar-refractivity contribution in [1.29, 1.82) is 0 Å². The second-order valence-electron chi connectivity index (χ2n) is 6.35. The molecule has 27 heavy (non-hydrogen) atoms. The highest BCUT2D eigenvalue weighted by Gasteiger charge is 2.18. The molecular formula is C22H19N3O2. The van der Waals surface area contributed by atoms with Crippen LogP contribution in [-0.2, 0) is 11.3 Å². The number of fused-ring (bicyclic) bond motifs is 2. The Kier molecular flexibility index (Phi) is 4.42. The molecule has 1 amide bonds. The number of para-hydroxylation sites is 1. The Bertz CT molecular complexity index is 1030. The van der Waals surface area contributed by atoms with Crippen LogP contribution in [0.15, 0.2) is 54.9 Å². The van der Waals surface area contributed by atoms with Crippen LogP contribution in [0.5, 0.6) is 5.88 Å². The Hall–Kier alpha value is -3.47. The number of carbonyl (C=O) groups excluding carboxylic acids is 1. The van der Waals surface area contributed by atoms with E-state index < -0.39 is 0 Å². The van der Waals surface area contributed by atoms with Crippen LogP contribution in [0, 0.1) is 0 Å². The summed E-state index contributed by atoms with van der Waals surface area (Å²) in [6.45, 7) is 2.08. The zero-order chi connectivity index (χ0) is 18.8. The van der Waals surface area contributed by atoms with Gasteiger partial charge in [-0.3, -0.25) is 9.78 Å². The Morgan fingerprint density at radius 3 is 2.59 bits per heavy atom. The van der Waals surface area contributed by atoms with E-state index in [4.69, 9.17) is 4.74 Å². The number of carbonyl (C=O) groups is 1.